The van der Waals surface area contributed by atoms with E-state index in [-0.39, 0.29) is 6.10 Å². The van der Waals surface area contributed by atoms with Crippen LogP contribution in [-0.4, -0.2) is 58.8 Å². The predicted molar refractivity (Wildman–Crippen MR) is 75.8 cm³/mol. The van der Waals surface area contributed by atoms with Crippen LogP contribution in [-0.2, 0) is 0 Å². The second kappa shape index (κ2) is 6.36. The molecule has 0 saturated carbocycles. The Morgan fingerprint density at radius 1 is 1.28 bits per heavy atom. The highest BCUT2D eigenvalue weighted by atomic mass is 16.3. The molecule has 2 rings (SSSR count). The number of rotatable bonds is 5. The maximum Gasteiger partial charge on any atom is 0.0695 e. The smallest absolute Gasteiger partial charge is 0.0695 e. The van der Waals surface area contributed by atoms with E-state index >= 15 is 0 Å². The van der Waals surface area contributed by atoms with Gasteiger partial charge >= 0.3 is 0 Å². The quantitative estimate of drug-likeness (QED) is 0.814. The lowest BCUT2D eigenvalue weighted by atomic mass is 9.97. The average Bonchev–Trinajstić information content (AvgIpc) is 2.77. The van der Waals surface area contributed by atoms with Gasteiger partial charge in [0, 0.05) is 31.2 Å². The van der Waals surface area contributed by atoms with Gasteiger partial charge in [-0.1, -0.05) is 20.3 Å². The van der Waals surface area contributed by atoms with Gasteiger partial charge in [0.15, 0.2) is 0 Å². The van der Waals surface area contributed by atoms with Crippen LogP contribution in [0.15, 0.2) is 0 Å². The molecule has 1 N–H and O–H groups in total. The molecule has 2 fully saturated rings. The number of fused-ring (bicyclic) bond motifs is 1. The minimum atomic E-state index is -0.143. The summed E-state index contributed by atoms with van der Waals surface area (Å²) in [5.74, 6) is 0. The van der Waals surface area contributed by atoms with Crippen LogP contribution < -0.4 is 0 Å². The van der Waals surface area contributed by atoms with Crippen molar-refractivity contribution in [1.29, 1.82) is 0 Å². The standard InChI is InChI=1S/C15H30N2O/c1-4-7-15(18)14(5-2)17-11-13-8-6-9-16(13)10-12(17)3/h12-15,18H,4-11H2,1-3H3. The Kier molecular flexibility index (Phi) is 5.05. The molecule has 3 heteroatoms. The summed E-state index contributed by atoms with van der Waals surface area (Å²) >= 11 is 0. The molecule has 18 heavy (non-hydrogen) atoms. The van der Waals surface area contributed by atoms with Gasteiger partial charge in [-0.2, -0.15) is 0 Å². The van der Waals surface area contributed by atoms with E-state index < -0.39 is 0 Å². The van der Waals surface area contributed by atoms with Crippen molar-refractivity contribution < 1.29 is 5.11 Å². The number of piperazine rings is 1. The molecule has 0 aromatic carbocycles. The van der Waals surface area contributed by atoms with Gasteiger partial charge in [0.2, 0.25) is 0 Å². The van der Waals surface area contributed by atoms with Crippen molar-refractivity contribution in [2.75, 3.05) is 19.6 Å². The highest BCUT2D eigenvalue weighted by Gasteiger charge is 2.38. The van der Waals surface area contributed by atoms with Crippen molar-refractivity contribution in [3.05, 3.63) is 0 Å². The van der Waals surface area contributed by atoms with Crippen LogP contribution in [0.25, 0.3) is 0 Å². The van der Waals surface area contributed by atoms with E-state index in [2.05, 4.69) is 30.6 Å². The van der Waals surface area contributed by atoms with Crippen molar-refractivity contribution in [2.24, 2.45) is 0 Å². The maximum absolute atomic E-state index is 10.4. The summed E-state index contributed by atoms with van der Waals surface area (Å²) < 4.78 is 0. The first-order valence-corrected chi connectivity index (χ1v) is 7.85. The molecular formula is C15H30N2O. The Morgan fingerprint density at radius 2 is 2.06 bits per heavy atom. The van der Waals surface area contributed by atoms with Gasteiger partial charge in [0.25, 0.3) is 0 Å². The van der Waals surface area contributed by atoms with Crippen LogP contribution in [0.5, 0.6) is 0 Å². The summed E-state index contributed by atoms with van der Waals surface area (Å²) in [7, 11) is 0. The Morgan fingerprint density at radius 3 is 2.72 bits per heavy atom. The van der Waals surface area contributed by atoms with Gasteiger partial charge in [0.1, 0.15) is 0 Å². The molecule has 4 unspecified atom stereocenters. The Balaban J connectivity index is 2.00. The molecule has 0 aliphatic carbocycles. The minimum absolute atomic E-state index is 0.143. The molecule has 3 nitrogen and oxygen atoms in total. The van der Waals surface area contributed by atoms with Crippen LogP contribution in [0.2, 0.25) is 0 Å². The molecule has 2 saturated heterocycles. The molecule has 2 heterocycles. The predicted octanol–water partition coefficient (Wildman–Crippen LogP) is 2.09. The molecule has 0 bridgehead atoms. The van der Waals surface area contributed by atoms with Gasteiger partial charge in [-0.05, 0) is 39.2 Å². The number of aliphatic hydroxyl groups is 1. The van der Waals surface area contributed by atoms with Crippen LogP contribution in [0.4, 0.5) is 0 Å². The number of aliphatic hydroxyl groups excluding tert-OH is 1. The summed E-state index contributed by atoms with van der Waals surface area (Å²) in [5.41, 5.74) is 0. The molecular weight excluding hydrogens is 224 g/mol. The van der Waals surface area contributed by atoms with E-state index in [4.69, 9.17) is 0 Å². The second-order valence-corrected chi connectivity index (χ2v) is 6.17. The summed E-state index contributed by atoms with van der Waals surface area (Å²) in [5, 5.41) is 10.4. The lowest BCUT2D eigenvalue weighted by Gasteiger charge is -2.47. The third-order valence-electron chi connectivity index (χ3n) is 4.86. The molecule has 0 aromatic rings. The fraction of sp³-hybridized carbons (Fsp3) is 1.00. The first-order chi connectivity index (χ1) is 8.67. The van der Waals surface area contributed by atoms with Crippen LogP contribution >= 0.6 is 0 Å². The Bertz CT molecular complexity index is 259. The fourth-order valence-electron chi connectivity index (χ4n) is 3.89. The Hall–Kier alpha value is -0.120. The van der Waals surface area contributed by atoms with Crippen LogP contribution in [0.3, 0.4) is 0 Å². The lowest BCUT2D eigenvalue weighted by Crippen LogP contribution is -2.60. The summed E-state index contributed by atoms with van der Waals surface area (Å²) in [6.45, 7) is 10.4. The molecule has 106 valence electrons. The number of hydrogen-bond donors (Lipinski definition) is 1. The van der Waals surface area contributed by atoms with Crippen molar-refractivity contribution in [3.8, 4) is 0 Å². The lowest BCUT2D eigenvalue weighted by molar-refractivity contribution is -0.0269. The van der Waals surface area contributed by atoms with E-state index in [1.807, 2.05) is 0 Å². The van der Waals surface area contributed by atoms with Gasteiger partial charge in [-0.15, -0.1) is 0 Å². The monoisotopic (exact) mass is 254 g/mol. The fourth-order valence-corrected chi connectivity index (χ4v) is 3.89. The van der Waals surface area contributed by atoms with Crippen molar-refractivity contribution in [2.45, 2.75) is 77.1 Å². The van der Waals surface area contributed by atoms with E-state index in [0.29, 0.717) is 12.1 Å². The average molecular weight is 254 g/mol. The van der Waals surface area contributed by atoms with Crippen LogP contribution in [0.1, 0.15) is 52.9 Å². The van der Waals surface area contributed by atoms with E-state index in [1.54, 1.807) is 0 Å². The molecule has 0 spiro atoms. The van der Waals surface area contributed by atoms with Crippen molar-refractivity contribution in [1.82, 2.24) is 9.80 Å². The minimum Gasteiger partial charge on any atom is -0.391 e. The zero-order chi connectivity index (χ0) is 13.1. The highest BCUT2D eigenvalue weighted by Crippen LogP contribution is 2.28. The largest absolute Gasteiger partial charge is 0.391 e. The topological polar surface area (TPSA) is 26.7 Å². The van der Waals surface area contributed by atoms with E-state index in [0.717, 1.165) is 25.3 Å². The molecule has 2 aliphatic rings. The first-order valence-electron chi connectivity index (χ1n) is 7.85. The van der Waals surface area contributed by atoms with E-state index in [9.17, 15) is 5.11 Å². The molecule has 4 atom stereocenters. The summed E-state index contributed by atoms with van der Waals surface area (Å²) in [4.78, 5) is 5.24. The number of nitrogens with zero attached hydrogens (tertiary/aromatic N) is 2. The van der Waals surface area contributed by atoms with Crippen LogP contribution in [0, 0.1) is 0 Å². The zero-order valence-electron chi connectivity index (χ0n) is 12.3. The van der Waals surface area contributed by atoms with Crippen molar-refractivity contribution in [3.63, 3.8) is 0 Å². The molecule has 0 amide bonds. The third-order valence-corrected chi connectivity index (χ3v) is 4.86. The van der Waals surface area contributed by atoms with Gasteiger partial charge in [0.05, 0.1) is 6.10 Å². The summed E-state index contributed by atoms with van der Waals surface area (Å²) in [6, 6.07) is 1.71. The normalized spacial score (nSPS) is 33.3. The molecule has 0 aromatic heterocycles. The second-order valence-electron chi connectivity index (χ2n) is 6.17. The van der Waals surface area contributed by atoms with E-state index in [1.165, 1.54) is 32.5 Å². The maximum atomic E-state index is 10.4. The van der Waals surface area contributed by atoms with Gasteiger partial charge in [-0.25, -0.2) is 0 Å². The highest BCUT2D eigenvalue weighted by molar-refractivity contribution is 4.94. The Labute approximate surface area is 112 Å². The summed E-state index contributed by atoms with van der Waals surface area (Å²) in [6.07, 6.45) is 5.66. The zero-order valence-corrected chi connectivity index (χ0v) is 12.3. The number of hydrogen-bond acceptors (Lipinski definition) is 3. The third kappa shape index (κ3) is 2.89. The molecule has 2 aliphatic heterocycles. The van der Waals surface area contributed by atoms with Crippen molar-refractivity contribution >= 4 is 0 Å². The SMILES string of the molecule is CCCC(O)C(CC)N1CC2CCCN2CC1C. The van der Waals surface area contributed by atoms with Gasteiger partial charge < -0.3 is 5.11 Å². The first kappa shape index (κ1) is 14.3. The van der Waals surface area contributed by atoms with Gasteiger partial charge in [-0.3, -0.25) is 9.80 Å². The molecule has 0 radical (unpaired) electrons.